The van der Waals surface area contributed by atoms with Crippen LogP contribution in [0.2, 0.25) is 0 Å². The van der Waals surface area contributed by atoms with Crippen LogP contribution in [0.1, 0.15) is 39.2 Å². The minimum Gasteiger partial charge on any atom is -0.462 e. The van der Waals surface area contributed by atoms with Gasteiger partial charge in [-0.25, -0.2) is 4.79 Å². The van der Waals surface area contributed by atoms with E-state index in [-0.39, 0.29) is 24.5 Å². The van der Waals surface area contributed by atoms with Crippen LogP contribution in [-0.2, 0) is 23.9 Å². The molecule has 168 valence electrons. The number of imide groups is 1. The summed E-state index contributed by atoms with van der Waals surface area (Å²) in [7, 11) is 0. The maximum Gasteiger partial charge on any atom is 0.337 e. The van der Waals surface area contributed by atoms with Crippen molar-refractivity contribution in [3.63, 3.8) is 0 Å². The van der Waals surface area contributed by atoms with E-state index in [0.717, 1.165) is 23.8 Å². The summed E-state index contributed by atoms with van der Waals surface area (Å²) >= 11 is 0. The number of carbonyl (C=O) groups excluding carboxylic acids is 3. The van der Waals surface area contributed by atoms with Gasteiger partial charge in [0, 0.05) is 12.2 Å². The van der Waals surface area contributed by atoms with Gasteiger partial charge in [0.15, 0.2) is 0 Å². The molecule has 31 heavy (non-hydrogen) atoms. The fourth-order valence-electron chi connectivity index (χ4n) is 2.14. The molecule has 0 N–H and O–H groups in total. The molecule has 6 nitrogen and oxygen atoms in total. The molecule has 0 atom stereocenters. The van der Waals surface area contributed by atoms with E-state index in [1.165, 1.54) is 18.6 Å². The maximum absolute atomic E-state index is 12.3. The highest BCUT2D eigenvalue weighted by Gasteiger charge is 2.21. The van der Waals surface area contributed by atoms with Gasteiger partial charge in [-0.2, -0.15) is 0 Å². The lowest BCUT2D eigenvalue weighted by atomic mass is 10.1. The van der Waals surface area contributed by atoms with Crippen LogP contribution >= 0.6 is 0 Å². The number of hydrogen-bond donors (Lipinski definition) is 0. The van der Waals surface area contributed by atoms with Gasteiger partial charge in [-0.15, -0.1) is 0 Å². The zero-order valence-corrected chi connectivity index (χ0v) is 18.8. The number of carbonyl (C=O) groups is 3. The first-order valence-electron chi connectivity index (χ1n) is 10.1. The summed E-state index contributed by atoms with van der Waals surface area (Å²) in [5, 5.41) is 0. The largest absolute Gasteiger partial charge is 0.462 e. The highest BCUT2D eigenvalue weighted by molar-refractivity contribution is 6.08. The summed E-state index contributed by atoms with van der Waals surface area (Å²) in [6.07, 6.45) is 5.94. The van der Waals surface area contributed by atoms with Crippen molar-refractivity contribution in [3.8, 4) is 0 Å². The van der Waals surface area contributed by atoms with Crippen molar-refractivity contribution in [2.24, 2.45) is 0 Å². The van der Waals surface area contributed by atoms with E-state index in [0.29, 0.717) is 6.61 Å². The van der Waals surface area contributed by atoms with E-state index in [1.807, 2.05) is 43.3 Å². The smallest absolute Gasteiger partial charge is 0.337 e. The molecule has 0 fully saturated rings. The topological polar surface area (TPSA) is 72.9 Å². The molecular formula is C25H33NO5. The zero-order valence-electron chi connectivity index (χ0n) is 18.8. The van der Waals surface area contributed by atoms with Crippen molar-refractivity contribution in [3.05, 3.63) is 78.9 Å². The highest BCUT2D eigenvalue weighted by Crippen LogP contribution is 2.08. The first kappa shape index (κ1) is 27.8. The molecule has 2 amide bonds. The van der Waals surface area contributed by atoms with Gasteiger partial charge < -0.3 is 9.47 Å². The molecule has 0 bridgehead atoms. The second-order valence-corrected chi connectivity index (χ2v) is 6.35. The lowest BCUT2D eigenvalue weighted by Gasteiger charge is -2.19. The van der Waals surface area contributed by atoms with Gasteiger partial charge in [0.1, 0.15) is 6.73 Å². The Morgan fingerprint density at radius 2 is 1.74 bits per heavy atom. The van der Waals surface area contributed by atoms with Crippen molar-refractivity contribution in [1.82, 2.24) is 4.90 Å². The molecule has 0 spiro atoms. The van der Waals surface area contributed by atoms with Crippen molar-refractivity contribution in [1.29, 1.82) is 0 Å². The van der Waals surface area contributed by atoms with E-state index in [4.69, 9.17) is 9.47 Å². The van der Waals surface area contributed by atoms with E-state index < -0.39 is 17.8 Å². The molecule has 0 unspecified atom stereocenters. The van der Waals surface area contributed by atoms with Crippen LogP contribution in [0, 0.1) is 0 Å². The first-order chi connectivity index (χ1) is 14.8. The SMILES string of the molecule is C=CC(=O)N(COCCCC)C(=O)C(C)=CC(=C)C(=O)OCC.C=Cc1ccccc1. The van der Waals surface area contributed by atoms with E-state index >= 15 is 0 Å². The Morgan fingerprint density at radius 3 is 2.23 bits per heavy atom. The Balaban J connectivity index is 0.000000929. The minimum absolute atomic E-state index is 0.0376. The van der Waals surface area contributed by atoms with Gasteiger partial charge in [0.25, 0.3) is 11.8 Å². The van der Waals surface area contributed by atoms with E-state index in [9.17, 15) is 14.4 Å². The number of amides is 2. The maximum atomic E-state index is 12.3. The first-order valence-corrected chi connectivity index (χ1v) is 10.1. The normalized spacial score (nSPS) is 10.2. The standard InChI is InChI=1S/C17H25NO5.C8H8/c1-6-9-10-22-12-18(15(19)7-2)16(20)13(4)11-14(5)17(21)23-8-3;1-2-8-6-4-3-5-7-8/h7,11H,2,5-6,8-10,12H2,1,3-4H3;2-7H,1H2. The predicted octanol–water partition coefficient (Wildman–Crippen LogP) is 4.70. The molecule has 0 saturated carbocycles. The quantitative estimate of drug-likeness (QED) is 0.168. The number of hydrogen-bond acceptors (Lipinski definition) is 5. The van der Waals surface area contributed by atoms with Crippen LogP contribution in [-0.4, -0.2) is 42.6 Å². The molecule has 6 heteroatoms. The summed E-state index contributed by atoms with van der Waals surface area (Å²) in [6.45, 7) is 16.2. The van der Waals surface area contributed by atoms with Crippen LogP contribution in [0.15, 0.2) is 73.4 Å². The van der Waals surface area contributed by atoms with Gasteiger partial charge in [-0.05, 0) is 38.0 Å². The lowest BCUT2D eigenvalue weighted by molar-refractivity contribution is -0.145. The predicted molar refractivity (Wildman–Crippen MR) is 124 cm³/mol. The van der Waals surface area contributed by atoms with Crippen LogP contribution < -0.4 is 0 Å². The average molecular weight is 428 g/mol. The summed E-state index contributed by atoms with van der Waals surface area (Å²) in [6, 6.07) is 10.0. The fraction of sp³-hybridized carbons (Fsp3) is 0.320. The fourth-order valence-corrected chi connectivity index (χ4v) is 2.14. The van der Waals surface area contributed by atoms with Gasteiger partial charge >= 0.3 is 5.97 Å². The molecule has 0 saturated heterocycles. The van der Waals surface area contributed by atoms with Crippen molar-refractivity contribution >= 4 is 23.9 Å². The second kappa shape index (κ2) is 16.5. The Hall–Kier alpha value is -3.25. The minimum atomic E-state index is -0.611. The molecule has 0 aliphatic heterocycles. The van der Waals surface area contributed by atoms with Crippen LogP contribution in [0.4, 0.5) is 0 Å². The van der Waals surface area contributed by atoms with Crippen molar-refractivity contribution < 1.29 is 23.9 Å². The van der Waals surface area contributed by atoms with E-state index in [1.54, 1.807) is 6.92 Å². The molecule has 0 aliphatic rings. The number of benzene rings is 1. The Labute approximate surface area is 185 Å². The van der Waals surface area contributed by atoms with Gasteiger partial charge in [0.05, 0.1) is 12.2 Å². The summed E-state index contributed by atoms with van der Waals surface area (Å²) < 4.78 is 10.1. The third-order valence-corrected chi connectivity index (χ3v) is 3.85. The van der Waals surface area contributed by atoms with Gasteiger partial charge in [-0.1, -0.05) is 69.5 Å². The summed E-state index contributed by atoms with van der Waals surface area (Å²) in [5.41, 5.74) is 1.39. The number of esters is 1. The number of rotatable bonds is 11. The molecule has 1 rings (SSSR count). The molecule has 0 heterocycles. The van der Waals surface area contributed by atoms with Crippen LogP contribution in [0.5, 0.6) is 0 Å². The van der Waals surface area contributed by atoms with Crippen molar-refractivity contribution in [2.45, 2.75) is 33.6 Å². The highest BCUT2D eigenvalue weighted by atomic mass is 16.5. The third-order valence-electron chi connectivity index (χ3n) is 3.85. The van der Waals surface area contributed by atoms with Crippen molar-refractivity contribution in [2.75, 3.05) is 19.9 Å². The lowest BCUT2D eigenvalue weighted by Crippen LogP contribution is -2.38. The van der Waals surface area contributed by atoms with Crippen LogP contribution in [0.25, 0.3) is 6.08 Å². The molecule has 0 radical (unpaired) electrons. The molecule has 0 aromatic heterocycles. The summed E-state index contributed by atoms with van der Waals surface area (Å²) in [4.78, 5) is 36.6. The third kappa shape index (κ3) is 11.5. The zero-order chi connectivity index (χ0) is 23.6. The van der Waals surface area contributed by atoms with Gasteiger partial charge in [0.2, 0.25) is 0 Å². The second-order valence-electron chi connectivity index (χ2n) is 6.35. The Kier molecular flexibility index (Phi) is 14.8. The Morgan fingerprint density at radius 1 is 1.10 bits per heavy atom. The molecular weight excluding hydrogens is 394 g/mol. The molecule has 0 aliphatic carbocycles. The van der Waals surface area contributed by atoms with Gasteiger partial charge in [-0.3, -0.25) is 14.5 Å². The summed E-state index contributed by atoms with van der Waals surface area (Å²) in [5.74, 6) is -1.75. The number of unbranched alkanes of at least 4 members (excludes halogenated alkanes) is 1. The Bertz CT molecular complexity index is 780. The number of nitrogens with zero attached hydrogens (tertiary/aromatic N) is 1. The average Bonchev–Trinajstić information content (AvgIpc) is 2.79. The number of ether oxygens (including phenoxy) is 2. The molecule has 1 aromatic carbocycles. The van der Waals surface area contributed by atoms with E-state index in [2.05, 4.69) is 19.7 Å². The van der Waals surface area contributed by atoms with Crippen LogP contribution in [0.3, 0.4) is 0 Å². The monoisotopic (exact) mass is 427 g/mol. The molecule has 1 aromatic rings.